The number of rotatable bonds is 8. The fourth-order valence-electron chi connectivity index (χ4n) is 2.13. The van der Waals surface area contributed by atoms with E-state index in [1.54, 1.807) is 11.3 Å². The zero-order valence-corrected chi connectivity index (χ0v) is 16.2. The summed E-state index contributed by atoms with van der Waals surface area (Å²) < 4.78 is 11.3. The molecule has 0 unspecified atom stereocenters. The van der Waals surface area contributed by atoms with Crippen molar-refractivity contribution in [3.8, 4) is 5.75 Å². The Hall–Kier alpha value is -2.32. The Morgan fingerprint density at radius 2 is 2.19 bits per heavy atom. The standard InChI is InChI=1S/C18H19N3O3S2/c1-12-5-6-13(2)15(8-12)23-10-17-20-21-18(24-17)26-11-16(22)19-9-14-4-3-7-25-14/h3-8H,9-11H2,1-2H3,(H,19,22). The van der Waals surface area contributed by atoms with Gasteiger partial charge in [-0.25, -0.2) is 0 Å². The van der Waals surface area contributed by atoms with E-state index in [2.05, 4.69) is 15.5 Å². The molecule has 1 amide bonds. The third-order valence-electron chi connectivity index (χ3n) is 3.51. The van der Waals surface area contributed by atoms with Crippen molar-refractivity contribution in [3.05, 3.63) is 57.6 Å². The van der Waals surface area contributed by atoms with E-state index in [1.165, 1.54) is 11.8 Å². The highest BCUT2D eigenvalue weighted by atomic mass is 32.2. The molecule has 0 saturated heterocycles. The Morgan fingerprint density at radius 3 is 3.00 bits per heavy atom. The molecule has 0 saturated carbocycles. The summed E-state index contributed by atoms with van der Waals surface area (Å²) in [6.45, 7) is 4.73. The highest BCUT2D eigenvalue weighted by molar-refractivity contribution is 7.99. The Balaban J connectivity index is 1.44. The van der Waals surface area contributed by atoms with Gasteiger partial charge < -0.3 is 14.5 Å². The van der Waals surface area contributed by atoms with Crippen LogP contribution in [0.5, 0.6) is 5.75 Å². The molecule has 2 heterocycles. The molecule has 1 aromatic carbocycles. The second-order valence-corrected chi connectivity index (χ2v) is 7.62. The van der Waals surface area contributed by atoms with Crippen molar-refractivity contribution in [2.24, 2.45) is 0 Å². The number of thiophene rings is 1. The first-order valence-corrected chi connectivity index (χ1v) is 9.91. The molecule has 8 heteroatoms. The van der Waals surface area contributed by atoms with Crippen LogP contribution in [-0.4, -0.2) is 21.9 Å². The van der Waals surface area contributed by atoms with Crippen molar-refractivity contribution in [1.82, 2.24) is 15.5 Å². The van der Waals surface area contributed by atoms with Gasteiger partial charge in [0.25, 0.3) is 11.1 Å². The first kappa shape index (κ1) is 18.5. The summed E-state index contributed by atoms with van der Waals surface area (Å²) in [5.74, 6) is 1.33. The minimum absolute atomic E-state index is 0.0743. The van der Waals surface area contributed by atoms with Crippen LogP contribution < -0.4 is 10.1 Å². The molecular formula is C18H19N3O3S2. The van der Waals surface area contributed by atoms with Crippen LogP contribution in [0.15, 0.2) is 45.4 Å². The Bertz CT molecular complexity index is 862. The van der Waals surface area contributed by atoms with Crippen molar-refractivity contribution >= 4 is 29.0 Å². The van der Waals surface area contributed by atoms with E-state index in [-0.39, 0.29) is 18.3 Å². The molecule has 0 fully saturated rings. The smallest absolute Gasteiger partial charge is 0.277 e. The fraction of sp³-hybridized carbons (Fsp3) is 0.278. The Morgan fingerprint density at radius 1 is 1.31 bits per heavy atom. The maximum atomic E-state index is 11.9. The van der Waals surface area contributed by atoms with Gasteiger partial charge in [-0.05, 0) is 42.5 Å². The van der Waals surface area contributed by atoms with Crippen molar-refractivity contribution in [3.63, 3.8) is 0 Å². The highest BCUT2D eigenvalue weighted by Crippen LogP contribution is 2.21. The molecule has 0 aliphatic carbocycles. The molecule has 2 aromatic heterocycles. The van der Waals surface area contributed by atoms with Gasteiger partial charge in [0, 0.05) is 4.88 Å². The summed E-state index contributed by atoms with van der Waals surface area (Å²) in [6.07, 6.45) is 0. The lowest BCUT2D eigenvalue weighted by Crippen LogP contribution is -2.24. The van der Waals surface area contributed by atoms with Gasteiger partial charge in [-0.15, -0.1) is 21.5 Å². The van der Waals surface area contributed by atoms with Gasteiger partial charge in [0.2, 0.25) is 5.91 Å². The Kier molecular flexibility index (Phi) is 6.30. The highest BCUT2D eigenvalue weighted by Gasteiger charge is 2.11. The van der Waals surface area contributed by atoms with E-state index in [4.69, 9.17) is 9.15 Å². The van der Waals surface area contributed by atoms with Crippen LogP contribution in [0.1, 0.15) is 21.9 Å². The number of nitrogens with zero attached hydrogens (tertiary/aromatic N) is 2. The van der Waals surface area contributed by atoms with Crippen molar-refractivity contribution in [1.29, 1.82) is 0 Å². The predicted octanol–water partition coefficient (Wildman–Crippen LogP) is 3.74. The number of aryl methyl sites for hydroxylation is 2. The molecule has 0 atom stereocenters. The van der Waals surface area contributed by atoms with Crippen LogP contribution in [0.2, 0.25) is 0 Å². The molecule has 3 rings (SSSR count). The average molecular weight is 390 g/mol. The molecule has 0 spiro atoms. The normalized spacial score (nSPS) is 10.7. The van der Waals surface area contributed by atoms with Crippen LogP contribution >= 0.6 is 23.1 Å². The van der Waals surface area contributed by atoms with Gasteiger partial charge in [0.05, 0.1) is 12.3 Å². The minimum Gasteiger partial charge on any atom is -0.484 e. The number of carbonyl (C=O) groups is 1. The summed E-state index contributed by atoms with van der Waals surface area (Å²) in [6, 6.07) is 9.96. The molecule has 1 N–H and O–H groups in total. The maximum Gasteiger partial charge on any atom is 0.277 e. The van der Waals surface area contributed by atoms with Crippen molar-refractivity contribution in [2.45, 2.75) is 32.2 Å². The lowest BCUT2D eigenvalue weighted by Gasteiger charge is -2.07. The summed E-state index contributed by atoms with van der Waals surface area (Å²) in [5.41, 5.74) is 2.17. The summed E-state index contributed by atoms with van der Waals surface area (Å²) in [5, 5.41) is 13.1. The largest absolute Gasteiger partial charge is 0.484 e. The zero-order valence-electron chi connectivity index (χ0n) is 14.5. The molecule has 3 aromatic rings. The monoisotopic (exact) mass is 389 g/mol. The van der Waals surface area contributed by atoms with Crippen LogP contribution in [0, 0.1) is 13.8 Å². The quantitative estimate of drug-likeness (QED) is 0.592. The molecule has 0 radical (unpaired) electrons. The van der Waals surface area contributed by atoms with Gasteiger partial charge in [-0.3, -0.25) is 4.79 Å². The second-order valence-electron chi connectivity index (χ2n) is 5.66. The topological polar surface area (TPSA) is 77.2 Å². The number of thioether (sulfide) groups is 1. The minimum atomic E-state index is -0.0743. The first-order valence-electron chi connectivity index (χ1n) is 8.04. The molecule has 0 aliphatic rings. The van der Waals surface area contributed by atoms with Crippen molar-refractivity contribution in [2.75, 3.05) is 5.75 Å². The Labute approximate surface area is 160 Å². The third-order valence-corrected chi connectivity index (χ3v) is 5.20. The van der Waals surface area contributed by atoms with E-state index < -0.39 is 0 Å². The van der Waals surface area contributed by atoms with Gasteiger partial charge in [0.1, 0.15) is 5.75 Å². The van der Waals surface area contributed by atoms with Gasteiger partial charge in [-0.1, -0.05) is 30.0 Å². The van der Waals surface area contributed by atoms with E-state index in [0.717, 1.165) is 21.8 Å². The lowest BCUT2D eigenvalue weighted by molar-refractivity contribution is -0.118. The number of benzene rings is 1. The van der Waals surface area contributed by atoms with Gasteiger partial charge >= 0.3 is 0 Å². The van der Waals surface area contributed by atoms with Crippen LogP contribution in [0.4, 0.5) is 0 Å². The zero-order chi connectivity index (χ0) is 18.4. The summed E-state index contributed by atoms with van der Waals surface area (Å²) in [7, 11) is 0. The van der Waals surface area contributed by atoms with E-state index >= 15 is 0 Å². The maximum absolute atomic E-state index is 11.9. The van der Waals surface area contributed by atoms with Crippen molar-refractivity contribution < 1.29 is 13.9 Å². The third kappa shape index (κ3) is 5.34. The van der Waals surface area contributed by atoms with Gasteiger partial charge in [-0.2, -0.15) is 0 Å². The number of ether oxygens (including phenoxy) is 1. The molecule has 26 heavy (non-hydrogen) atoms. The van der Waals surface area contributed by atoms with Gasteiger partial charge in [0.15, 0.2) is 6.61 Å². The summed E-state index contributed by atoms with van der Waals surface area (Å²) >= 11 is 2.82. The molecule has 6 nitrogen and oxygen atoms in total. The predicted molar refractivity (Wildman–Crippen MR) is 101 cm³/mol. The molecule has 0 bridgehead atoms. The fourth-order valence-corrected chi connectivity index (χ4v) is 3.39. The van der Waals surface area contributed by atoms with Crippen LogP contribution in [0.3, 0.4) is 0 Å². The van der Waals surface area contributed by atoms with E-state index in [0.29, 0.717) is 17.7 Å². The molecule has 136 valence electrons. The number of amides is 1. The number of aromatic nitrogens is 2. The molecular weight excluding hydrogens is 370 g/mol. The van der Waals surface area contributed by atoms with E-state index in [9.17, 15) is 4.79 Å². The number of carbonyl (C=O) groups excluding carboxylic acids is 1. The second kappa shape index (κ2) is 8.86. The SMILES string of the molecule is Cc1ccc(C)c(OCc2nnc(SCC(=O)NCc3cccs3)o2)c1. The lowest BCUT2D eigenvalue weighted by atomic mass is 10.1. The number of nitrogens with one attached hydrogen (secondary N) is 1. The summed E-state index contributed by atoms with van der Waals surface area (Å²) in [4.78, 5) is 13.0. The number of hydrogen-bond donors (Lipinski definition) is 1. The van der Waals surface area contributed by atoms with Crippen LogP contribution in [0.25, 0.3) is 0 Å². The van der Waals surface area contributed by atoms with E-state index in [1.807, 2.05) is 49.6 Å². The molecule has 0 aliphatic heterocycles. The first-order chi connectivity index (χ1) is 12.6. The van der Waals surface area contributed by atoms with Crippen LogP contribution in [-0.2, 0) is 17.9 Å². The number of hydrogen-bond acceptors (Lipinski definition) is 7. The average Bonchev–Trinajstić information content (AvgIpc) is 3.30.